The van der Waals surface area contributed by atoms with Crippen LogP contribution in [0.2, 0.25) is 0 Å². The monoisotopic (exact) mass is 391 g/mol. The van der Waals surface area contributed by atoms with E-state index in [-0.39, 0.29) is 18.9 Å². The van der Waals surface area contributed by atoms with Gasteiger partial charge in [0.15, 0.2) is 0 Å². The van der Waals surface area contributed by atoms with Gasteiger partial charge in [0.2, 0.25) is 0 Å². The van der Waals surface area contributed by atoms with Crippen LogP contribution in [0.1, 0.15) is 35.2 Å². The van der Waals surface area contributed by atoms with Crippen molar-refractivity contribution in [2.75, 3.05) is 6.61 Å². The Morgan fingerprint density at radius 3 is 2.28 bits per heavy atom. The van der Waals surface area contributed by atoms with Crippen molar-refractivity contribution in [3.63, 3.8) is 0 Å². The molecule has 1 amide bonds. The van der Waals surface area contributed by atoms with Crippen LogP contribution in [-0.4, -0.2) is 33.6 Å². The number of alkyl carbamates (subject to hydrolysis) is 1. The first-order valence-corrected chi connectivity index (χ1v) is 9.36. The molecule has 0 fully saturated rings. The Labute approximate surface area is 167 Å². The van der Waals surface area contributed by atoms with Crippen molar-refractivity contribution in [3.8, 4) is 11.1 Å². The zero-order valence-electron chi connectivity index (χ0n) is 15.9. The molecule has 1 atom stereocenters. The minimum Gasteiger partial charge on any atom is -0.481 e. The Kier molecular flexibility index (Phi) is 5.03. The molecule has 2 N–H and O–H groups in total. The van der Waals surface area contributed by atoms with Crippen LogP contribution in [0.25, 0.3) is 11.1 Å². The van der Waals surface area contributed by atoms with Gasteiger partial charge in [-0.05, 0) is 28.3 Å². The largest absolute Gasteiger partial charge is 0.481 e. The summed E-state index contributed by atoms with van der Waals surface area (Å²) in [4.78, 5) is 23.7. The first-order valence-electron chi connectivity index (χ1n) is 9.36. The zero-order chi connectivity index (χ0) is 20.4. The summed E-state index contributed by atoms with van der Waals surface area (Å²) in [7, 11) is 1.70. The molecule has 7 heteroatoms. The number of aromatic nitrogens is 2. The maximum atomic E-state index is 12.5. The molecule has 1 aromatic heterocycles. The van der Waals surface area contributed by atoms with Crippen LogP contribution in [0.15, 0.2) is 60.8 Å². The predicted molar refractivity (Wildman–Crippen MR) is 106 cm³/mol. The SMILES string of the molecule is Cn1nccc1[C@@H](CC(=O)O)NC(=O)OCC1c2ccccc2-c2ccccc21. The molecule has 0 saturated carbocycles. The number of benzene rings is 2. The molecule has 4 rings (SSSR count). The zero-order valence-corrected chi connectivity index (χ0v) is 15.9. The summed E-state index contributed by atoms with van der Waals surface area (Å²) in [5.74, 6) is -1.07. The minimum atomic E-state index is -1.02. The fourth-order valence-electron chi connectivity index (χ4n) is 3.91. The van der Waals surface area contributed by atoms with Gasteiger partial charge in [-0.2, -0.15) is 5.10 Å². The van der Waals surface area contributed by atoms with E-state index in [1.807, 2.05) is 36.4 Å². The molecule has 0 saturated heterocycles. The summed E-state index contributed by atoms with van der Waals surface area (Å²) in [6, 6.07) is 17.1. The van der Waals surface area contributed by atoms with Crippen LogP contribution < -0.4 is 5.32 Å². The molecular formula is C22H21N3O4. The molecule has 1 aliphatic rings. The average molecular weight is 391 g/mol. The van der Waals surface area contributed by atoms with Crippen molar-refractivity contribution in [3.05, 3.63) is 77.6 Å². The summed E-state index contributed by atoms with van der Waals surface area (Å²) in [6.45, 7) is 0.172. The van der Waals surface area contributed by atoms with Crippen LogP contribution in [0, 0.1) is 0 Å². The first-order chi connectivity index (χ1) is 14.0. The maximum Gasteiger partial charge on any atom is 0.407 e. The quantitative estimate of drug-likeness (QED) is 0.671. The van der Waals surface area contributed by atoms with Gasteiger partial charge in [0.1, 0.15) is 6.61 Å². The van der Waals surface area contributed by atoms with Gasteiger partial charge in [-0.15, -0.1) is 0 Å². The van der Waals surface area contributed by atoms with Gasteiger partial charge in [0.05, 0.1) is 18.2 Å². The Hall–Kier alpha value is -3.61. The fourth-order valence-corrected chi connectivity index (χ4v) is 3.91. The highest BCUT2D eigenvalue weighted by Gasteiger charge is 2.29. The number of hydrogen-bond acceptors (Lipinski definition) is 4. The van der Waals surface area contributed by atoms with Crippen molar-refractivity contribution in [1.29, 1.82) is 0 Å². The number of carboxylic acid groups (broad SMARTS) is 1. The number of carbonyl (C=O) groups excluding carboxylic acids is 1. The predicted octanol–water partition coefficient (Wildman–Crippen LogP) is 3.47. The lowest BCUT2D eigenvalue weighted by Crippen LogP contribution is -2.32. The first kappa shape index (κ1) is 18.7. The average Bonchev–Trinajstić information content (AvgIpc) is 3.27. The minimum absolute atomic E-state index is 0.0530. The van der Waals surface area contributed by atoms with Gasteiger partial charge >= 0.3 is 12.1 Å². The highest BCUT2D eigenvalue weighted by atomic mass is 16.5. The van der Waals surface area contributed by atoms with Crippen molar-refractivity contribution < 1.29 is 19.4 Å². The summed E-state index contributed by atoms with van der Waals surface area (Å²) < 4.78 is 7.06. The van der Waals surface area contributed by atoms with E-state index in [1.54, 1.807) is 19.3 Å². The van der Waals surface area contributed by atoms with Gasteiger partial charge in [-0.3, -0.25) is 9.48 Å². The van der Waals surface area contributed by atoms with Crippen molar-refractivity contribution >= 4 is 12.1 Å². The number of hydrogen-bond donors (Lipinski definition) is 2. The topological polar surface area (TPSA) is 93.5 Å². The second kappa shape index (κ2) is 7.79. The van der Waals surface area contributed by atoms with Gasteiger partial charge < -0.3 is 15.2 Å². The van der Waals surface area contributed by atoms with Gasteiger partial charge in [0.25, 0.3) is 0 Å². The third kappa shape index (κ3) is 3.71. The molecule has 0 spiro atoms. The van der Waals surface area contributed by atoms with Crippen LogP contribution in [0.4, 0.5) is 4.79 Å². The molecule has 1 aliphatic carbocycles. The van der Waals surface area contributed by atoms with E-state index in [1.165, 1.54) is 4.68 Å². The Balaban J connectivity index is 1.48. The maximum absolute atomic E-state index is 12.5. The van der Waals surface area contributed by atoms with E-state index >= 15 is 0 Å². The second-order valence-electron chi connectivity index (χ2n) is 7.00. The fraction of sp³-hybridized carbons (Fsp3) is 0.227. The second-order valence-corrected chi connectivity index (χ2v) is 7.00. The highest BCUT2D eigenvalue weighted by Crippen LogP contribution is 2.44. The number of ether oxygens (including phenoxy) is 1. The van der Waals surface area contributed by atoms with Gasteiger partial charge in [0, 0.05) is 19.2 Å². The number of aliphatic carboxylic acids is 1. The van der Waals surface area contributed by atoms with Crippen LogP contribution >= 0.6 is 0 Å². The van der Waals surface area contributed by atoms with Crippen LogP contribution in [0.5, 0.6) is 0 Å². The summed E-state index contributed by atoms with van der Waals surface area (Å²) in [6.07, 6.45) is 0.646. The van der Waals surface area contributed by atoms with Gasteiger partial charge in [-0.1, -0.05) is 48.5 Å². The summed E-state index contributed by atoms with van der Waals surface area (Å²) in [5, 5.41) is 15.9. The normalized spacial score (nSPS) is 13.4. The van der Waals surface area contributed by atoms with Crippen LogP contribution in [0.3, 0.4) is 0 Å². The third-order valence-corrected chi connectivity index (χ3v) is 5.23. The number of rotatable bonds is 6. The number of carboxylic acids is 1. The lowest BCUT2D eigenvalue weighted by Gasteiger charge is -2.19. The smallest absolute Gasteiger partial charge is 0.407 e. The molecule has 2 aromatic carbocycles. The molecular weight excluding hydrogens is 370 g/mol. The number of fused-ring (bicyclic) bond motifs is 3. The Morgan fingerprint density at radius 1 is 1.10 bits per heavy atom. The molecule has 0 unspecified atom stereocenters. The molecule has 29 heavy (non-hydrogen) atoms. The van der Waals surface area contributed by atoms with E-state index in [0.717, 1.165) is 22.3 Å². The van der Waals surface area contributed by atoms with Crippen LogP contribution in [-0.2, 0) is 16.6 Å². The standard InChI is InChI=1S/C22H21N3O4/c1-25-20(10-11-23-25)19(12-21(26)27)24-22(28)29-13-18-16-8-4-2-6-14(16)15-7-3-5-9-17(15)18/h2-11,18-19H,12-13H2,1H3,(H,24,28)(H,26,27)/t19-/m1/s1. The van der Waals surface area contributed by atoms with Gasteiger partial charge in [-0.25, -0.2) is 4.79 Å². The van der Waals surface area contributed by atoms with Crippen molar-refractivity contribution in [1.82, 2.24) is 15.1 Å². The summed E-state index contributed by atoms with van der Waals surface area (Å²) >= 11 is 0. The van der Waals surface area contributed by atoms with E-state index in [4.69, 9.17) is 4.74 Å². The van der Waals surface area contributed by atoms with E-state index in [9.17, 15) is 14.7 Å². The number of carbonyl (C=O) groups is 2. The molecule has 1 heterocycles. The van der Waals surface area contributed by atoms with Crippen molar-refractivity contribution in [2.45, 2.75) is 18.4 Å². The molecule has 7 nitrogen and oxygen atoms in total. The lowest BCUT2D eigenvalue weighted by atomic mass is 9.98. The number of nitrogens with zero attached hydrogens (tertiary/aromatic N) is 2. The van der Waals surface area contributed by atoms with E-state index < -0.39 is 18.1 Å². The van der Waals surface area contributed by atoms with E-state index in [2.05, 4.69) is 22.5 Å². The Morgan fingerprint density at radius 2 is 1.72 bits per heavy atom. The third-order valence-electron chi connectivity index (χ3n) is 5.23. The molecule has 0 radical (unpaired) electrons. The lowest BCUT2D eigenvalue weighted by molar-refractivity contribution is -0.137. The number of aryl methyl sites for hydroxylation is 1. The molecule has 0 bridgehead atoms. The van der Waals surface area contributed by atoms with Crippen molar-refractivity contribution in [2.24, 2.45) is 7.05 Å². The number of nitrogens with one attached hydrogen (secondary N) is 1. The molecule has 0 aliphatic heterocycles. The molecule has 3 aromatic rings. The summed E-state index contributed by atoms with van der Waals surface area (Å²) in [5.41, 5.74) is 5.14. The molecule has 148 valence electrons. The highest BCUT2D eigenvalue weighted by molar-refractivity contribution is 5.79. The Bertz CT molecular complexity index is 1010. The van der Waals surface area contributed by atoms with E-state index in [0.29, 0.717) is 5.69 Å². The number of amides is 1.